The minimum absolute atomic E-state index is 0.0681. The Morgan fingerprint density at radius 1 is 1.22 bits per heavy atom. The van der Waals surface area contributed by atoms with Crippen molar-refractivity contribution >= 4 is 0 Å². The predicted molar refractivity (Wildman–Crippen MR) is 104 cm³/mol. The lowest BCUT2D eigenvalue weighted by Crippen LogP contribution is -2.36. The zero-order chi connectivity index (χ0) is 18.6. The lowest BCUT2D eigenvalue weighted by atomic mass is 9.97. The van der Waals surface area contributed by atoms with Crippen LogP contribution >= 0.6 is 0 Å². The molecule has 0 aliphatic carbocycles. The normalized spacial score (nSPS) is 15.3. The highest BCUT2D eigenvalue weighted by molar-refractivity contribution is 5.47. The van der Waals surface area contributed by atoms with Gasteiger partial charge in [-0.15, -0.1) is 0 Å². The van der Waals surface area contributed by atoms with Crippen molar-refractivity contribution in [1.29, 1.82) is 0 Å². The van der Waals surface area contributed by atoms with Gasteiger partial charge in [0.15, 0.2) is 5.82 Å². The van der Waals surface area contributed by atoms with Crippen molar-refractivity contribution in [1.82, 2.24) is 24.8 Å². The van der Waals surface area contributed by atoms with Crippen LogP contribution < -0.4 is 5.56 Å². The molecular weight excluding hydrogens is 338 g/mol. The van der Waals surface area contributed by atoms with Crippen LogP contribution in [0.5, 0.6) is 0 Å². The number of hydrogen-bond donors (Lipinski definition) is 1. The van der Waals surface area contributed by atoms with E-state index in [1.54, 1.807) is 18.6 Å². The number of nitrogens with zero attached hydrogens (tertiary/aromatic N) is 4. The summed E-state index contributed by atoms with van der Waals surface area (Å²) in [6.45, 7) is 4.81. The van der Waals surface area contributed by atoms with Crippen molar-refractivity contribution in [2.75, 3.05) is 13.1 Å². The van der Waals surface area contributed by atoms with Gasteiger partial charge >= 0.3 is 0 Å². The number of benzene rings is 1. The molecule has 0 radical (unpaired) electrons. The summed E-state index contributed by atoms with van der Waals surface area (Å²) in [4.78, 5) is 30.7. The van der Waals surface area contributed by atoms with Crippen LogP contribution in [-0.2, 0) is 13.0 Å². The van der Waals surface area contributed by atoms with E-state index in [1.165, 1.54) is 5.56 Å². The first-order valence-electron chi connectivity index (χ1n) is 9.36. The molecule has 1 aliphatic heterocycles. The summed E-state index contributed by atoms with van der Waals surface area (Å²) in [5.74, 6) is 1.00. The van der Waals surface area contributed by atoms with E-state index in [9.17, 15) is 4.79 Å². The number of fused-ring (bicyclic) bond motifs is 1. The molecule has 6 nitrogen and oxygen atoms in total. The van der Waals surface area contributed by atoms with Crippen molar-refractivity contribution in [3.05, 3.63) is 76.1 Å². The second-order valence-corrected chi connectivity index (χ2v) is 7.06. The lowest BCUT2D eigenvalue weighted by molar-refractivity contribution is 0.242. The molecule has 1 atom stereocenters. The van der Waals surface area contributed by atoms with Gasteiger partial charge in [-0.3, -0.25) is 14.7 Å². The molecule has 0 saturated carbocycles. The molecule has 0 bridgehead atoms. The van der Waals surface area contributed by atoms with E-state index in [-0.39, 0.29) is 5.56 Å². The van der Waals surface area contributed by atoms with Gasteiger partial charge in [-0.1, -0.05) is 37.3 Å². The third kappa shape index (κ3) is 3.95. The van der Waals surface area contributed by atoms with E-state index < -0.39 is 0 Å². The van der Waals surface area contributed by atoms with E-state index in [0.717, 1.165) is 37.2 Å². The summed E-state index contributed by atoms with van der Waals surface area (Å²) < 4.78 is 0. The van der Waals surface area contributed by atoms with Crippen molar-refractivity contribution in [3.63, 3.8) is 0 Å². The molecule has 4 rings (SSSR count). The summed E-state index contributed by atoms with van der Waals surface area (Å²) >= 11 is 0. The molecule has 3 aromatic rings. The zero-order valence-corrected chi connectivity index (χ0v) is 15.4. The van der Waals surface area contributed by atoms with Gasteiger partial charge in [0.2, 0.25) is 0 Å². The van der Waals surface area contributed by atoms with Gasteiger partial charge in [-0.2, -0.15) is 0 Å². The fourth-order valence-corrected chi connectivity index (χ4v) is 3.54. The van der Waals surface area contributed by atoms with Gasteiger partial charge in [-0.25, -0.2) is 9.97 Å². The summed E-state index contributed by atoms with van der Waals surface area (Å²) in [5, 5.41) is 0. The Kier molecular flexibility index (Phi) is 5.07. The average Bonchev–Trinajstić information content (AvgIpc) is 2.73. The molecule has 1 aliphatic rings. The van der Waals surface area contributed by atoms with Crippen LogP contribution in [0.4, 0.5) is 0 Å². The van der Waals surface area contributed by atoms with Crippen LogP contribution in [0.1, 0.15) is 36.1 Å². The molecule has 0 saturated heterocycles. The minimum atomic E-state index is -0.0681. The first kappa shape index (κ1) is 17.5. The summed E-state index contributed by atoms with van der Waals surface area (Å²) in [5.41, 5.74) is 3.55. The molecule has 0 fully saturated rings. The molecule has 27 heavy (non-hydrogen) atoms. The molecule has 0 spiro atoms. The molecule has 138 valence electrons. The standard InChI is InChI=1S/C21H23N5O/c1-15(16-5-3-2-4-6-16)7-11-26-12-8-18-17(14-26)21(27)25-20(24-18)19-13-22-9-10-23-19/h2-6,9-10,13,15H,7-8,11-12,14H2,1H3,(H,24,25,27). The SMILES string of the molecule is CC(CCN1CCc2nc(-c3cnccn3)[nH]c(=O)c2C1)c1ccccc1. The highest BCUT2D eigenvalue weighted by Crippen LogP contribution is 2.21. The Morgan fingerprint density at radius 3 is 2.85 bits per heavy atom. The molecule has 1 unspecified atom stereocenters. The van der Waals surface area contributed by atoms with Crippen LogP contribution in [0.15, 0.2) is 53.7 Å². The van der Waals surface area contributed by atoms with Gasteiger partial charge in [0.1, 0.15) is 5.69 Å². The monoisotopic (exact) mass is 361 g/mol. The second-order valence-electron chi connectivity index (χ2n) is 7.06. The fraction of sp³-hybridized carbons (Fsp3) is 0.333. The quantitative estimate of drug-likeness (QED) is 0.756. The first-order valence-corrected chi connectivity index (χ1v) is 9.36. The first-order chi connectivity index (χ1) is 13.2. The molecule has 1 N–H and O–H groups in total. The maximum absolute atomic E-state index is 12.6. The number of hydrogen-bond acceptors (Lipinski definition) is 5. The van der Waals surface area contributed by atoms with Crippen molar-refractivity contribution in [2.45, 2.75) is 32.2 Å². The number of aromatic nitrogens is 4. The predicted octanol–water partition coefficient (Wildman–Crippen LogP) is 2.78. The summed E-state index contributed by atoms with van der Waals surface area (Å²) in [6, 6.07) is 10.6. The number of aromatic amines is 1. The lowest BCUT2D eigenvalue weighted by Gasteiger charge is -2.28. The van der Waals surface area contributed by atoms with Crippen LogP contribution in [0.2, 0.25) is 0 Å². The van der Waals surface area contributed by atoms with Crippen LogP contribution in [0.3, 0.4) is 0 Å². The van der Waals surface area contributed by atoms with Gasteiger partial charge < -0.3 is 4.98 Å². The Balaban J connectivity index is 1.45. The highest BCUT2D eigenvalue weighted by atomic mass is 16.1. The van der Waals surface area contributed by atoms with Gasteiger partial charge in [0.05, 0.1) is 17.5 Å². The number of H-pyrrole nitrogens is 1. The third-order valence-corrected chi connectivity index (χ3v) is 5.20. The van der Waals surface area contributed by atoms with Gasteiger partial charge in [0.25, 0.3) is 5.56 Å². The Bertz CT molecular complexity index is 955. The molecule has 1 aromatic carbocycles. The topological polar surface area (TPSA) is 74.8 Å². The molecular formula is C21H23N5O. The van der Waals surface area contributed by atoms with E-state index >= 15 is 0 Å². The largest absolute Gasteiger partial charge is 0.305 e. The highest BCUT2D eigenvalue weighted by Gasteiger charge is 2.22. The summed E-state index contributed by atoms with van der Waals surface area (Å²) in [7, 11) is 0. The molecule has 2 aromatic heterocycles. The van der Waals surface area contributed by atoms with Crippen LogP contribution in [-0.4, -0.2) is 37.9 Å². The number of nitrogens with one attached hydrogen (secondary N) is 1. The van der Waals surface area contributed by atoms with E-state index in [1.807, 2.05) is 6.07 Å². The van der Waals surface area contributed by atoms with E-state index in [4.69, 9.17) is 0 Å². The minimum Gasteiger partial charge on any atom is -0.305 e. The molecule has 3 heterocycles. The van der Waals surface area contributed by atoms with Crippen molar-refractivity contribution < 1.29 is 0 Å². The second kappa shape index (κ2) is 7.80. The maximum atomic E-state index is 12.6. The Hall–Kier alpha value is -2.86. The summed E-state index contributed by atoms with van der Waals surface area (Å²) in [6.07, 6.45) is 6.68. The van der Waals surface area contributed by atoms with Crippen molar-refractivity contribution in [2.24, 2.45) is 0 Å². The smallest absolute Gasteiger partial charge is 0.255 e. The average molecular weight is 361 g/mol. The van der Waals surface area contributed by atoms with Crippen molar-refractivity contribution in [3.8, 4) is 11.5 Å². The van der Waals surface area contributed by atoms with Crippen LogP contribution in [0, 0.1) is 0 Å². The fourth-order valence-electron chi connectivity index (χ4n) is 3.54. The third-order valence-electron chi connectivity index (χ3n) is 5.20. The maximum Gasteiger partial charge on any atom is 0.255 e. The van der Waals surface area contributed by atoms with Gasteiger partial charge in [-0.05, 0) is 24.4 Å². The van der Waals surface area contributed by atoms with E-state index in [2.05, 4.69) is 56.0 Å². The molecule has 6 heteroatoms. The van der Waals surface area contributed by atoms with E-state index in [0.29, 0.717) is 24.0 Å². The van der Waals surface area contributed by atoms with Gasteiger partial charge in [0, 0.05) is 31.9 Å². The number of rotatable bonds is 5. The van der Waals surface area contributed by atoms with Crippen LogP contribution in [0.25, 0.3) is 11.5 Å². The zero-order valence-electron chi connectivity index (χ0n) is 15.4. The Labute approximate surface area is 158 Å². The Morgan fingerprint density at radius 2 is 2.07 bits per heavy atom. The molecule has 0 amide bonds.